The van der Waals surface area contributed by atoms with E-state index in [0.29, 0.717) is 30.4 Å². The van der Waals surface area contributed by atoms with Crippen LogP contribution < -0.4 is 5.32 Å². The van der Waals surface area contributed by atoms with E-state index in [1.807, 2.05) is 0 Å². The van der Waals surface area contributed by atoms with Crippen LogP contribution >= 0.6 is 11.8 Å². The first-order valence-electron chi connectivity index (χ1n) is 8.40. The Labute approximate surface area is 152 Å². The molecule has 25 heavy (non-hydrogen) atoms. The van der Waals surface area contributed by atoms with Crippen molar-refractivity contribution in [3.05, 3.63) is 35.6 Å². The number of amides is 2. The lowest BCUT2D eigenvalue weighted by Gasteiger charge is -2.30. The summed E-state index contributed by atoms with van der Waals surface area (Å²) in [5.74, 6) is 0.161. The van der Waals surface area contributed by atoms with Crippen LogP contribution in [0.25, 0.3) is 0 Å². The van der Waals surface area contributed by atoms with Crippen LogP contribution in [0, 0.1) is 11.7 Å². The van der Waals surface area contributed by atoms with E-state index in [-0.39, 0.29) is 23.0 Å². The van der Waals surface area contributed by atoms with Gasteiger partial charge in [0, 0.05) is 25.0 Å². The highest BCUT2D eigenvalue weighted by atomic mass is 32.2. The normalized spacial score (nSPS) is 20.1. The molecule has 138 valence electrons. The molecule has 1 aromatic carbocycles. The first kappa shape index (κ1) is 19.7. The molecular formula is C18H25FN2O3S. The van der Waals surface area contributed by atoms with Gasteiger partial charge in [-0.3, -0.25) is 9.59 Å². The van der Waals surface area contributed by atoms with Crippen LogP contribution in [-0.2, 0) is 9.53 Å². The van der Waals surface area contributed by atoms with Crippen molar-refractivity contribution in [3.63, 3.8) is 0 Å². The number of rotatable bonds is 7. The molecule has 1 aliphatic rings. The van der Waals surface area contributed by atoms with Gasteiger partial charge >= 0.3 is 0 Å². The minimum Gasteiger partial charge on any atom is -0.383 e. The highest BCUT2D eigenvalue weighted by molar-refractivity contribution is 8.00. The summed E-state index contributed by atoms with van der Waals surface area (Å²) in [5, 5.41) is 2.75. The molecule has 5 nitrogen and oxygen atoms in total. The monoisotopic (exact) mass is 368 g/mol. The molecule has 7 heteroatoms. The molecule has 0 saturated carbocycles. The van der Waals surface area contributed by atoms with E-state index in [1.54, 1.807) is 23.8 Å². The highest BCUT2D eigenvalue weighted by Crippen LogP contribution is 2.34. The number of benzene rings is 1. The van der Waals surface area contributed by atoms with E-state index in [1.165, 1.54) is 24.3 Å². The molecule has 1 N–H and O–H groups in total. The number of thioether (sulfide) groups is 1. The number of halogens is 1. The van der Waals surface area contributed by atoms with E-state index in [2.05, 4.69) is 19.2 Å². The Balaban J connectivity index is 2.19. The van der Waals surface area contributed by atoms with Gasteiger partial charge in [-0.2, -0.15) is 0 Å². The maximum absolute atomic E-state index is 13.1. The summed E-state index contributed by atoms with van der Waals surface area (Å²) in [4.78, 5) is 27.2. The third kappa shape index (κ3) is 5.19. The Morgan fingerprint density at radius 1 is 1.36 bits per heavy atom. The number of nitrogens with zero attached hydrogens (tertiary/aromatic N) is 1. The van der Waals surface area contributed by atoms with Crippen molar-refractivity contribution in [1.82, 2.24) is 10.2 Å². The minimum atomic E-state index is -0.525. The predicted octanol–water partition coefficient (Wildman–Crippen LogP) is 2.52. The smallest absolute Gasteiger partial charge is 0.255 e. The van der Waals surface area contributed by atoms with Crippen LogP contribution in [0.4, 0.5) is 4.39 Å². The van der Waals surface area contributed by atoms with Crippen molar-refractivity contribution in [3.8, 4) is 0 Å². The van der Waals surface area contributed by atoms with Crippen LogP contribution in [0.5, 0.6) is 0 Å². The second-order valence-electron chi connectivity index (χ2n) is 6.44. The fourth-order valence-electron chi connectivity index (χ4n) is 2.76. The van der Waals surface area contributed by atoms with Gasteiger partial charge < -0.3 is 15.0 Å². The van der Waals surface area contributed by atoms with E-state index >= 15 is 0 Å². The predicted molar refractivity (Wildman–Crippen MR) is 96.9 cm³/mol. The molecular weight excluding hydrogens is 343 g/mol. The molecule has 1 aliphatic heterocycles. The van der Waals surface area contributed by atoms with Crippen LogP contribution in [0.15, 0.2) is 24.3 Å². The molecule has 1 saturated heterocycles. The topological polar surface area (TPSA) is 58.6 Å². The molecule has 2 rings (SSSR count). The average Bonchev–Trinajstić information content (AvgIpc) is 2.98. The van der Waals surface area contributed by atoms with Gasteiger partial charge in [0.15, 0.2) is 0 Å². The molecule has 2 amide bonds. The Morgan fingerprint density at radius 2 is 2.04 bits per heavy atom. The number of carbonyl (C=O) groups excluding carboxylic acids is 2. The fraction of sp³-hybridized carbons (Fsp3) is 0.556. The van der Waals surface area contributed by atoms with E-state index in [0.717, 1.165) is 6.42 Å². The van der Waals surface area contributed by atoms with Crippen LogP contribution in [0.3, 0.4) is 0 Å². The molecule has 1 fully saturated rings. The van der Waals surface area contributed by atoms with Gasteiger partial charge in [-0.25, -0.2) is 4.39 Å². The summed E-state index contributed by atoms with van der Waals surface area (Å²) in [6, 6.07) is 4.94. The third-order valence-electron chi connectivity index (χ3n) is 4.00. The Kier molecular flexibility index (Phi) is 7.25. The SMILES string of the molecule is COCCNC(=O)C1CSC(CC(C)C)N1C(=O)c1ccc(F)cc1. The number of carbonyl (C=O) groups is 2. The standard InChI is InChI=1S/C18H25FN2O3S/c1-12(2)10-16-21(18(23)13-4-6-14(19)7-5-13)15(11-25-16)17(22)20-8-9-24-3/h4-7,12,15-16H,8-11H2,1-3H3,(H,20,22). The Morgan fingerprint density at radius 3 is 2.64 bits per heavy atom. The molecule has 2 atom stereocenters. The quantitative estimate of drug-likeness (QED) is 0.752. The van der Waals surface area contributed by atoms with Crippen LogP contribution in [-0.4, -0.2) is 54.1 Å². The van der Waals surface area contributed by atoms with Gasteiger partial charge in [0.25, 0.3) is 5.91 Å². The zero-order chi connectivity index (χ0) is 18.4. The average molecular weight is 368 g/mol. The first-order valence-corrected chi connectivity index (χ1v) is 9.45. The summed E-state index contributed by atoms with van der Waals surface area (Å²) >= 11 is 1.62. The zero-order valence-corrected chi connectivity index (χ0v) is 15.6. The molecule has 0 aliphatic carbocycles. The second kappa shape index (κ2) is 9.20. The second-order valence-corrected chi connectivity index (χ2v) is 7.65. The number of hydrogen-bond acceptors (Lipinski definition) is 4. The van der Waals surface area contributed by atoms with Crippen molar-refractivity contribution < 1.29 is 18.7 Å². The lowest BCUT2D eigenvalue weighted by Crippen LogP contribution is -2.50. The lowest BCUT2D eigenvalue weighted by molar-refractivity contribution is -0.125. The molecule has 2 unspecified atom stereocenters. The number of ether oxygens (including phenoxy) is 1. The summed E-state index contributed by atoms with van der Waals surface area (Å²) in [7, 11) is 1.57. The molecule has 0 bridgehead atoms. The maximum atomic E-state index is 13.1. The Hall–Kier alpha value is -1.60. The first-order chi connectivity index (χ1) is 11.9. The van der Waals surface area contributed by atoms with Crippen molar-refractivity contribution in [1.29, 1.82) is 0 Å². The van der Waals surface area contributed by atoms with Gasteiger partial charge in [-0.15, -0.1) is 11.8 Å². The van der Waals surface area contributed by atoms with Crippen molar-refractivity contribution >= 4 is 23.6 Å². The van der Waals surface area contributed by atoms with Crippen LogP contribution in [0.1, 0.15) is 30.6 Å². The van der Waals surface area contributed by atoms with E-state index in [4.69, 9.17) is 4.74 Å². The van der Waals surface area contributed by atoms with Crippen LogP contribution in [0.2, 0.25) is 0 Å². The fourth-order valence-corrected chi connectivity index (χ4v) is 4.40. The zero-order valence-electron chi connectivity index (χ0n) is 14.8. The number of methoxy groups -OCH3 is 1. The molecule has 1 aromatic rings. The van der Waals surface area contributed by atoms with Gasteiger partial charge in [-0.05, 0) is 36.6 Å². The lowest BCUT2D eigenvalue weighted by atomic mass is 10.1. The van der Waals surface area contributed by atoms with Crippen molar-refractivity contribution in [2.45, 2.75) is 31.7 Å². The molecule has 0 radical (unpaired) electrons. The molecule has 0 spiro atoms. The van der Waals surface area contributed by atoms with Gasteiger partial charge in [0.05, 0.1) is 12.0 Å². The van der Waals surface area contributed by atoms with Gasteiger partial charge in [0.1, 0.15) is 11.9 Å². The molecule has 1 heterocycles. The third-order valence-corrected chi connectivity index (χ3v) is 5.31. The summed E-state index contributed by atoms with van der Waals surface area (Å²) in [6.45, 7) is 5.01. The highest BCUT2D eigenvalue weighted by Gasteiger charge is 2.41. The summed E-state index contributed by atoms with van der Waals surface area (Å²) < 4.78 is 18.1. The number of nitrogens with one attached hydrogen (secondary N) is 1. The van der Waals surface area contributed by atoms with E-state index in [9.17, 15) is 14.0 Å². The number of hydrogen-bond donors (Lipinski definition) is 1. The minimum absolute atomic E-state index is 0.0595. The molecule has 0 aromatic heterocycles. The maximum Gasteiger partial charge on any atom is 0.255 e. The summed E-state index contributed by atoms with van der Waals surface area (Å²) in [5.41, 5.74) is 0.396. The largest absolute Gasteiger partial charge is 0.383 e. The summed E-state index contributed by atoms with van der Waals surface area (Å²) in [6.07, 6.45) is 0.805. The Bertz CT molecular complexity index is 594. The van der Waals surface area contributed by atoms with Crippen molar-refractivity contribution in [2.24, 2.45) is 5.92 Å². The van der Waals surface area contributed by atoms with E-state index < -0.39 is 6.04 Å². The van der Waals surface area contributed by atoms with Gasteiger partial charge in [0.2, 0.25) is 5.91 Å². The van der Waals surface area contributed by atoms with Gasteiger partial charge in [-0.1, -0.05) is 13.8 Å². The van der Waals surface area contributed by atoms with Crippen molar-refractivity contribution in [2.75, 3.05) is 26.0 Å².